The van der Waals surface area contributed by atoms with Crippen molar-refractivity contribution >= 4 is 5.91 Å². The van der Waals surface area contributed by atoms with Crippen LogP contribution >= 0.6 is 0 Å². The second-order valence-electron chi connectivity index (χ2n) is 6.68. The van der Waals surface area contributed by atoms with Crippen molar-refractivity contribution in [2.75, 3.05) is 0 Å². The molecule has 1 unspecified atom stereocenters. The van der Waals surface area contributed by atoms with Crippen LogP contribution in [0.5, 0.6) is 0 Å². The largest absolute Gasteiger partial charge is 0.460 e. The molecule has 4 nitrogen and oxygen atoms in total. The van der Waals surface area contributed by atoms with Gasteiger partial charge in [0.05, 0.1) is 6.54 Å². The van der Waals surface area contributed by atoms with E-state index in [2.05, 4.69) is 17.6 Å². The van der Waals surface area contributed by atoms with Crippen LogP contribution < -0.4 is 10.6 Å². The third-order valence-corrected chi connectivity index (χ3v) is 3.68. The Kier molecular flexibility index (Phi) is 5.61. The van der Waals surface area contributed by atoms with Gasteiger partial charge in [-0.2, -0.15) is 0 Å². The lowest BCUT2D eigenvalue weighted by Crippen LogP contribution is -2.46. The van der Waals surface area contributed by atoms with Crippen LogP contribution in [0.15, 0.2) is 46.9 Å². The summed E-state index contributed by atoms with van der Waals surface area (Å²) in [6.45, 7) is 8.41. The minimum absolute atomic E-state index is 0.000683. The standard InChI is InChI=1S/C19H26N2O2/c1-14(12-19(3,4)21-15(2)22)20-13-17-10-11-18(23-17)16-8-6-5-7-9-16/h5-11,14,20H,12-13H2,1-4H3,(H,21,22). The van der Waals surface area contributed by atoms with E-state index >= 15 is 0 Å². The summed E-state index contributed by atoms with van der Waals surface area (Å²) >= 11 is 0. The third-order valence-electron chi connectivity index (χ3n) is 3.68. The molecule has 1 aromatic heterocycles. The molecule has 0 aliphatic rings. The maximum absolute atomic E-state index is 11.2. The average molecular weight is 314 g/mol. The maximum Gasteiger partial charge on any atom is 0.217 e. The van der Waals surface area contributed by atoms with Crippen molar-refractivity contribution in [3.05, 3.63) is 48.2 Å². The topological polar surface area (TPSA) is 54.3 Å². The first-order chi connectivity index (χ1) is 10.9. The lowest BCUT2D eigenvalue weighted by atomic mass is 9.96. The number of carbonyl (C=O) groups is 1. The van der Waals surface area contributed by atoms with E-state index < -0.39 is 0 Å². The Morgan fingerprint density at radius 2 is 1.87 bits per heavy atom. The van der Waals surface area contributed by atoms with Crippen molar-refractivity contribution in [2.24, 2.45) is 0 Å². The molecular formula is C19H26N2O2. The lowest BCUT2D eigenvalue weighted by molar-refractivity contribution is -0.120. The third kappa shape index (κ3) is 5.57. The SMILES string of the molecule is CC(=O)NC(C)(C)CC(C)NCc1ccc(-c2ccccc2)o1. The van der Waals surface area contributed by atoms with Gasteiger partial charge in [-0.15, -0.1) is 0 Å². The van der Waals surface area contributed by atoms with Crippen molar-refractivity contribution < 1.29 is 9.21 Å². The first-order valence-electron chi connectivity index (χ1n) is 8.02. The zero-order chi connectivity index (χ0) is 16.9. The predicted octanol–water partition coefficient (Wildman–Crippen LogP) is 3.73. The summed E-state index contributed by atoms with van der Waals surface area (Å²) in [5.74, 6) is 1.79. The number of amides is 1. The Labute approximate surface area is 138 Å². The summed E-state index contributed by atoms with van der Waals surface area (Å²) in [6.07, 6.45) is 0.846. The molecule has 0 radical (unpaired) electrons. The second kappa shape index (κ2) is 7.47. The monoisotopic (exact) mass is 314 g/mol. The van der Waals surface area contributed by atoms with Crippen LogP contribution in [0, 0.1) is 0 Å². The van der Waals surface area contributed by atoms with E-state index in [0.717, 1.165) is 23.5 Å². The summed E-state index contributed by atoms with van der Waals surface area (Å²) in [7, 11) is 0. The van der Waals surface area contributed by atoms with Gasteiger partial charge in [0.25, 0.3) is 0 Å². The van der Waals surface area contributed by atoms with Crippen LogP contribution in [0.2, 0.25) is 0 Å². The van der Waals surface area contributed by atoms with Gasteiger partial charge < -0.3 is 15.1 Å². The molecule has 2 rings (SSSR count). The summed E-state index contributed by atoms with van der Waals surface area (Å²) in [4.78, 5) is 11.2. The van der Waals surface area contributed by atoms with E-state index in [1.54, 1.807) is 6.92 Å². The fraction of sp³-hybridized carbons (Fsp3) is 0.421. The fourth-order valence-electron chi connectivity index (χ4n) is 2.87. The van der Waals surface area contributed by atoms with E-state index in [1.807, 2.05) is 56.3 Å². The first kappa shape index (κ1) is 17.3. The Morgan fingerprint density at radius 1 is 1.17 bits per heavy atom. The Balaban J connectivity index is 1.86. The summed E-state index contributed by atoms with van der Waals surface area (Å²) in [5, 5.41) is 6.42. The maximum atomic E-state index is 11.2. The van der Waals surface area contributed by atoms with E-state index in [9.17, 15) is 4.79 Å². The predicted molar refractivity (Wildman–Crippen MR) is 93.0 cm³/mol. The smallest absolute Gasteiger partial charge is 0.217 e. The minimum atomic E-state index is -0.226. The van der Waals surface area contributed by atoms with Crippen molar-refractivity contribution in [1.29, 1.82) is 0 Å². The molecule has 2 aromatic rings. The average Bonchev–Trinajstić information content (AvgIpc) is 2.93. The highest BCUT2D eigenvalue weighted by Crippen LogP contribution is 2.21. The summed E-state index contributed by atoms with van der Waals surface area (Å²) < 4.78 is 5.88. The van der Waals surface area contributed by atoms with E-state index in [4.69, 9.17) is 4.42 Å². The highest BCUT2D eigenvalue weighted by molar-refractivity contribution is 5.73. The van der Waals surface area contributed by atoms with Gasteiger partial charge >= 0.3 is 0 Å². The number of carbonyl (C=O) groups excluding carboxylic acids is 1. The van der Waals surface area contributed by atoms with Gasteiger partial charge in [0.15, 0.2) is 0 Å². The molecule has 0 saturated heterocycles. The molecule has 0 bridgehead atoms. The molecule has 0 aliphatic heterocycles. The summed E-state index contributed by atoms with van der Waals surface area (Å²) in [6, 6.07) is 14.3. The zero-order valence-electron chi connectivity index (χ0n) is 14.3. The van der Waals surface area contributed by atoms with E-state index in [1.165, 1.54) is 0 Å². The molecule has 1 atom stereocenters. The molecule has 1 amide bonds. The second-order valence-corrected chi connectivity index (χ2v) is 6.68. The molecule has 4 heteroatoms. The van der Waals surface area contributed by atoms with Crippen LogP contribution in [-0.2, 0) is 11.3 Å². The summed E-state index contributed by atoms with van der Waals surface area (Å²) in [5.41, 5.74) is 0.856. The highest BCUT2D eigenvalue weighted by atomic mass is 16.3. The Bertz CT molecular complexity index is 632. The molecule has 0 aliphatic carbocycles. The number of benzene rings is 1. The highest BCUT2D eigenvalue weighted by Gasteiger charge is 2.21. The van der Waals surface area contributed by atoms with Gasteiger partial charge in [-0.1, -0.05) is 30.3 Å². The number of nitrogens with one attached hydrogen (secondary N) is 2. The molecular weight excluding hydrogens is 288 g/mol. The molecule has 2 N–H and O–H groups in total. The van der Waals surface area contributed by atoms with Crippen LogP contribution in [0.4, 0.5) is 0 Å². The van der Waals surface area contributed by atoms with Crippen molar-refractivity contribution in [3.63, 3.8) is 0 Å². The van der Waals surface area contributed by atoms with Gasteiger partial charge in [-0.3, -0.25) is 4.79 Å². The van der Waals surface area contributed by atoms with E-state index in [-0.39, 0.29) is 17.5 Å². The van der Waals surface area contributed by atoms with Gasteiger partial charge in [-0.05, 0) is 39.3 Å². The number of furan rings is 1. The first-order valence-corrected chi connectivity index (χ1v) is 8.02. The molecule has 1 heterocycles. The van der Waals surface area contributed by atoms with Crippen LogP contribution in [0.1, 0.15) is 39.9 Å². The van der Waals surface area contributed by atoms with Crippen LogP contribution in [0.3, 0.4) is 0 Å². The Morgan fingerprint density at radius 3 is 2.52 bits per heavy atom. The van der Waals surface area contributed by atoms with Crippen LogP contribution in [-0.4, -0.2) is 17.5 Å². The molecule has 0 saturated carbocycles. The molecule has 0 fully saturated rings. The normalized spacial score (nSPS) is 12.9. The number of rotatable bonds is 7. The van der Waals surface area contributed by atoms with Crippen LogP contribution in [0.25, 0.3) is 11.3 Å². The zero-order valence-corrected chi connectivity index (χ0v) is 14.3. The van der Waals surface area contributed by atoms with Gasteiger partial charge in [0.1, 0.15) is 11.5 Å². The Hall–Kier alpha value is -2.07. The molecule has 124 valence electrons. The molecule has 1 aromatic carbocycles. The van der Waals surface area contributed by atoms with E-state index in [0.29, 0.717) is 6.54 Å². The van der Waals surface area contributed by atoms with Gasteiger partial charge in [0.2, 0.25) is 5.91 Å². The quantitative estimate of drug-likeness (QED) is 0.819. The number of hydrogen-bond acceptors (Lipinski definition) is 3. The van der Waals surface area contributed by atoms with Gasteiger partial charge in [0, 0.05) is 24.1 Å². The fourth-order valence-corrected chi connectivity index (χ4v) is 2.87. The van der Waals surface area contributed by atoms with Crippen molar-refractivity contribution in [2.45, 2.75) is 52.2 Å². The number of hydrogen-bond donors (Lipinski definition) is 2. The van der Waals surface area contributed by atoms with Crippen molar-refractivity contribution in [1.82, 2.24) is 10.6 Å². The van der Waals surface area contributed by atoms with Crippen molar-refractivity contribution in [3.8, 4) is 11.3 Å². The lowest BCUT2D eigenvalue weighted by Gasteiger charge is -2.29. The molecule has 23 heavy (non-hydrogen) atoms. The minimum Gasteiger partial charge on any atom is -0.460 e. The molecule has 0 spiro atoms. The van der Waals surface area contributed by atoms with Gasteiger partial charge in [-0.25, -0.2) is 0 Å².